The van der Waals surface area contributed by atoms with Crippen LogP contribution in [-0.4, -0.2) is 35.6 Å². The van der Waals surface area contributed by atoms with Crippen LogP contribution in [0.4, 0.5) is 0 Å². The van der Waals surface area contributed by atoms with Crippen molar-refractivity contribution in [3.8, 4) is 0 Å². The van der Waals surface area contributed by atoms with Gasteiger partial charge in [0.15, 0.2) is 0 Å². The Labute approximate surface area is 105 Å². The molecule has 1 aliphatic rings. The Hall–Kier alpha value is -0.570. The number of nitrogens with zero attached hydrogens (tertiary/aromatic N) is 1. The van der Waals surface area contributed by atoms with Crippen LogP contribution < -0.4 is 0 Å². The Bertz CT molecular complexity index is 242. The summed E-state index contributed by atoms with van der Waals surface area (Å²) >= 11 is 0. The van der Waals surface area contributed by atoms with E-state index in [2.05, 4.69) is 18.9 Å². The number of rotatable bonds is 5. The van der Waals surface area contributed by atoms with E-state index >= 15 is 0 Å². The van der Waals surface area contributed by atoms with Gasteiger partial charge in [-0.05, 0) is 32.2 Å². The summed E-state index contributed by atoms with van der Waals surface area (Å²) in [5.74, 6) is -0.0487. The molecule has 0 heterocycles. The van der Waals surface area contributed by atoms with E-state index in [-0.39, 0.29) is 5.92 Å². The Morgan fingerprint density at radius 3 is 2.65 bits per heavy atom. The monoisotopic (exact) mass is 241 g/mol. The molecule has 17 heavy (non-hydrogen) atoms. The molecule has 0 spiro atoms. The average Bonchev–Trinajstić information content (AvgIpc) is 2.53. The predicted molar refractivity (Wildman–Crippen MR) is 70.1 cm³/mol. The largest absolute Gasteiger partial charge is 0.481 e. The van der Waals surface area contributed by atoms with Gasteiger partial charge < -0.3 is 10.0 Å². The normalized spacial score (nSPS) is 27.8. The molecule has 3 unspecified atom stereocenters. The van der Waals surface area contributed by atoms with E-state index in [0.717, 1.165) is 5.92 Å². The molecule has 3 atom stereocenters. The number of hydrogen-bond donors (Lipinski definition) is 1. The van der Waals surface area contributed by atoms with Gasteiger partial charge in [-0.15, -0.1) is 0 Å². The molecular weight excluding hydrogens is 214 g/mol. The lowest BCUT2D eigenvalue weighted by atomic mass is 9.97. The van der Waals surface area contributed by atoms with Gasteiger partial charge in [-0.3, -0.25) is 4.79 Å². The number of hydrogen-bond acceptors (Lipinski definition) is 2. The van der Waals surface area contributed by atoms with Crippen LogP contribution in [0.3, 0.4) is 0 Å². The third kappa shape index (κ3) is 4.66. The van der Waals surface area contributed by atoms with Gasteiger partial charge in [0.2, 0.25) is 0 Å². The van der Waals surface area contributed by atoms with Crippen molar-refractivity contribution in [2.45, 2.75) is 58.4 Å². The summed E-state index contributed by atoms with van der Waals surface area (Å²) in [5.41, 5.74) is 0. The maximum absolute atomic E-state index is 10.9. The van der Waals surface area contributed by atoms with Crippen molar-refractivity contribution >= 4 is 5.97 Å². The van der Waals surface area contributed by atoms with Crippen molar-refractivity contribution < 1.29 is 9.90 Å². The van der Waals surface area contributed by atoms with E-state index < -0.39 is 5.97 Å². The predicted octanol–water partition coefficient (Wildman–Crippen LogP) is 3.00. The number of carboxylic acids is 1. The molecule has 1 N–H and O–H groups in total. The third-order valence-corrected chi connectivity index (χ3v) is 4.24. The molecule has 0 saturated heterocycles. The van der Waals surface area contributed by atoms with Crippen LogP contribution in [0.2, 0.25) is 0 Å². The Balaban J connectivity index is 2.41. The fraction of sp³-hybridized carbons (Fsp3) is 0.929. The number of aliphatic carboxylic acids is 1. The van der Waals surface area contributed by atoms with Crippen LogP contribution in [0, 0.1) is 11.8 Å². The maximum Gasteiger partial charge on any atom is 0.307 e. The number of carbonyl (C=O) groups is 1. The van der Waals surface area contributed by atoms with E-state index in [0.29, 0.717) is 12.6 Å². The fourth-order valence-electron chi connectivity index (χ4n) is 2.87. The van der Waals surface area contributed by atoms with Crippen LogP contribution in [0.25, 0.3) is 0 Å². The fourth-order valence-corrected chi connectivity index (χ4v) is 2.87. The van der Waals surface area contributed by atoms with Crippen molar-refractivity contribution in [1.82, 2.24) is 4.90 Å². The smallest absolute Gasteiger partial charge is 0.307 e. The molecule has 0 aromatic heterocycles. The third-order valence-electron chi connectivity index (χ3n) is 4.24. The van der Waals surface area contributed by atoms with E-state index in [1.807, 2.05) is 0 Å². The van der Waals surface area contributed by atoms with Crippen LogP contribution in [-0.2, 0) is 4.79 Å². The van der Waals surface area contributed by atoms with Crippen LogP contribution >= 0.6 is 0 Å². The molecule has 1 aliphatic carbocycles. The van der Waals surface area contributed by atoms with Gasteiger partial charge in [-0.2, -0.15) is 0 Å². The Morgan fingerprint density at radius 1 is 1.35 bits per heavy atom. The minimum Gasteiger partial charge on any atom is -0.481 e. The van der Waals surface area contributed by atoms with Gasteiger partial charge in [0.1, 0.15) is 0 Å². The first-order chi connectivity index (χ1) is 8.04. The van der Waals surface area contributed by atoms with Gasteiger partial charge in [-0.1, -0.05) is 33.1 Å². The second kappa shape index (κ2) is 7.00. The molecule has 0 aromatic rings. The van der Waals surface area contributed by atoms with Crippen molar-refractivity contribution in [3.63, 3.8) is 0 Å². The first-order valence-corrected chi connectivity index (χ1v) is 6.97. The molecule has 1 fully saturated rings. The molecule has 3 nitrogen and oxygen atoms in total. The summed E-state index contributed by atoms with van der Waals surface area (Å²) in [6.07, 6.45) is 7.74. The lowest BCUT2D eigenvalue weighted by Crippen LogP contribution is -2.36. The molecule has 1 saturated carbocycles. The second-order valence-corrected chi connectivity index (χ2v) is 5.62. The molecule has 1 rings (SSSR count). The SMILES string of the molecule is CCC1CCCC(N(C)CC(C)C(=O)O)CC1. The molecule has 100 valence electrons. The minimum atomic E-state index is -0.683. The van der Waals surface area contributed by atoms with Gasteiger partial charge in [0.05, 0.1) is 5.92 Å². The first kappa shape index (κ1) is 14.5. The summed E-state index contributed by atoms with van der Waals surface area (Å²) in [7, 11) is 2.08. The van der Waals surface area contributed by atoms with Crippen molar-refractivity contribution in [2.75, 3.05) is 13.6 Å². The summed E-state index contributed by atoms with van der Waals surface area (Å²) in [4.78, 5) is 13.1. The molecule has 0 aliphatic heterocycles. The van der Waals surface area contributed by atoms with Gasteiger partial charge in [0.25, 0.3) is 0 Å². The van der Waals surface area contributed by atoms with E-state index in [4.69, 9.17) is 5.11 Å². The highest BCUT2D eigenvalue weighted by molar-refractivity contribution is 5.69. The summed E-state index contributed by atoms with van der Waals surface area (Å²) in [6.45, 7) is 4.75. The molecule has 3 heteroatoms. The van der Waals surface area contributed by atoms with Crippen LogP contribution in [0.1, 0.15) is 52.4 Å². The molecule has 0 aromatic carbocycles. The highest BCUT2D eigenvalue weighted by atomic mass is 16.4. The van der Waals surface area contributed by atoms with Crippen LogP contribution in [0.15, 0.2) is 0 Å². The van der Waals surface area contributed by atoms with Crippen LogP contribution in [0.5, 0.6) is 0 Å². The van der Waals surface area contributed by atoms with Crippen molar-refractivity contribution in [2.24, 2.45) is 11.8 Å². The molecule has 0 amide bonds. The molecule has 0 radical (unpaired) electrons. The number of carboxylic acid groups (broad SMARTS) is 1. The Morgan fingerprint density at radius 2 is 2.06 bits per heavy atom. The molecule has 0 bridgehead atoms. The maximum atomic E-state index is 10.9. The van der Waals surface area contributed by atoms with Gasteiger partial charge in [0, 0.05) is 12.6 Å². The average molecular weight is 241 g/mol. The summed E-state index contributed by atoms with van der Waals surface area (Å²) < 4.78 is 0. The van der Waals surface area contributed by atoms with Gasteiger partial charge >= 0.3 is 5.97 Å². The summed E-state index contributed by atoms with van der Waals surface area (Å²) in [6, 6.07) is 0.591. The lowest BCUT2D eigenvalue weighted by Gasteiger charge is -2.28. The van der Waals surface area contributed by atoms with Crippen molar-refractivity contribution in [3.05, 3.63) is 0 Å². The zero-order valence-corrected chi connectivity index (χ0v) is 11.5. The minimum absolute atomic E-state index is 0.259. The zero-order valence-electron chi connectivity index (χ0n) is 11.5. The van der Waals surface area contributed by atoms with E-state index in [9.17, 15) is 4.79 Å². The standard InChI is InChI=1S/C14H27NO2/c1-4-12-6-5-7-13(9-8-12)15(3)10-11(2)14(16)17/h11-13H,4-10H2,1-3H3,(H,16,17). The Kier molecular flexibility index (Phi) is 5.96. The van der Waals surface area contributed by atoms with E-state index in [1.54, 1.807) is 6.92 Å². The zero-order chi connectivity index (χ0) is 12.8. The lowest BCUT2D eigenvalue weighted by molar-refractivity contribution is -0.141. The highest BCUT2D eigenvalue weighted by Crippen LogP contribution is 2.27. The second-order valence-electron chi connectivity index (χ2n) is 5.62. The van der Waals surface area contributed by atoms with Crippen molar-refractivity contribution in [1.29, 1.82) is 0 Å². The van der Waals surface area contributed by atoms with E-state index in [1.165, 1.54) is 38.5 Å². The van der Waals surface area contributed by atoms with Gasteiger partial charge in [-0.25, -0.2) is 0 Å². The highest BCUT2D eigenvalue weighted by Gasteiger charge is 2.23. The quantitative estimate of drug-likeness (QED) is 0.752. The first-order valence-electron chi connectivity index (χ1n) is 6.97. The molecular formula is C14H27NO2. The topological polar surface area (TPSA) is 40.5 Å². The summed E-state index contributed by atoms with van der Waals surface area (Å²) in [5, 5.41) is 8.94.